The van der Waals surface area contributed by atoms with Crippen LogP contribution in [0.3, 0.4) is 0 Å². The highest BCUT2D eigenvalue weighted by Crippen LogP contribution is 1.48. The number of rotatable bonds is 2. The monoisotopic (exact) mass is 88.0 g/mol. The molecule has 0 aromatic heterocycles. The second-order valence-electron chi connectivity index (χ2n) is 0.604. The zero-order chi connectivity index (χ0) is 4.12. The summed E-state index contributed by atoms with van der Waals surface area (Å²) >= 11 is 4.36. The second kappa shape index (κ2) is 3.89. The molecule has 0 amide bonds. The van der Waals surface area contributed by atoms with Crippen LogP contribution in [0.2, 0.25) is 0 Å². The molecule has 0 spiro atoms. The molecule has 0 heterocycles. The Morgan fingerprint density at radius 3 is 2.60 bits per heavy atom. The van der Waals surface area contributed by atoms with Gasteiger partial charge in [-0.3, -0.25) is 5.32 Å². The summed E-state index contributed by atoms with van der Waals surface area (Å²) in [6.45, 7) is 2.76. The van der Waals surface area contributed by atoms with Crippen molar-refractivity contribution >= 4 is 17.7 Å². The van der Waals surface area contributed by atoms with Gasteiger partial charge in [-0.15, -0.1) is 0 Å². The third-order valence-corrected chi connectivity index (χ3v) is 0.406. The van der Waals surface area contributed by atoms with Crippen molar-refractivity contribution in [1.29, 1.82) is 0 Å². The summed E-state index contributed by atoms with van der Waals surface area (Å²) in [6, 6.07) is 0. The van der Waals surface area contributed by atoms with Crippen molar-refractivity contribution < 1.29 is 0 Å². The van der Waals surface area contributed by atoms with Gasteiger partial charge in [0.25, 0.3) is 0 Å². The van der Waals surface area contributed by atoms with Crippen LogP contribution in [0.15, 0.2) is 0 Å². The van der Waals surface area contributed by atoms with Crippen molar-refractivity contribution in [2.45, 2.75) is 6.92 Å². The van der Waals surface area contributed by atoms with Gasteiger partial charge in [-0.05, 0) is 6.92 Å². The lowest BCUT2D eigenvalue weighted by Crippen LogP contribution is -1.95. The molecule has 1 radical (unpaired) electrons. The molecular weight excluding hydrogens is 82.1 g/mol. The predicted octanol–water partition coefficient (Wildman–Crippen LogP) is 0.568. The van der Waals surface area contributed by atoms with Gasteiger partial charge in [0, 0.05) is 6.54 Å². The molecule has 29 valence electrons. The number of nitrogens with zero attached hydrogens (tertiary/aromatic N) is 1. The Balaban J connectivity index is 2.40. The van der Waals surface area contributed by atoms with E-state index in [1.54, 1.807) is 0 Å². The van der Waals surface area contributed by atoms with Gasteiger partial charge in [-0.2, -0.15) is 0 Å². The maximum Gasteiger partial charge on any atom is 0.0842 e. The molecule has 1 nitrogen and oxygen atoms in total. The molecule has 0 bridgehead atoms. The van der Waals surface area contributed by atoms with E-state index in [-0.39, 0.29) is 0 Å². The Morgan fingerprint density at radius 1 is 2.00 bits per heavy atom. The highest BCUT2D eigenvalue weighted by Gasteiger charge is 1.60. The maximum absolute atomic E-state index is 4.36. The Kier molecular flexibility index (Phi) is 3.80. The largest absolute Gasteiger partial charge is 0.282 e. The van der Waals surface area contributed by atoms with E-state index >= 15 is 0 Å². The smallest absolute Gasteiger partial charge is 0.0842 e. The molecule has 0 unspecified atom stereocenters. The van der Waals surface area contributed by atoms with E-state index in [9.17, 15) is 0 Å². The standard InChI is InChI=1S/C3H6NS/c1-2-4-3-5/h3H,2H2,1H3. The van der Waals surface area contributed by atoms with Crippen LogP contribution in [0.1, 0.15) is 6.92 Å². The lowest BCUT2D eigenvalue weighted by Gasteiger charge is -1.76. The van der Waals surface area contributed by atoms with E-state index in [4.69, 9.17) is 0 Å². The minimum absolute atomic E-state index is 0.809. The minimum Gasteiger partial charge on any atom is -0.282 e. The van der Waals surface area contributed by atoms with Crippen molar-refractivity contribution in [2.24, 2.45) is 0 Å². The molecule has 0 aliphatic carbocycles. The summed E-state index contributed by atoms with van der Waals surface area (Å²) in [5.41, 5.74) is 1.39. The summed E-state index contributed by atoms with van der Waals surface area (Å²) in [4.78, 5) is 0. The van der Waals surface area contributed by atoms with Crippen LogP contribution >= 0.6 is 12.2 Å². The fourth-order valence-electron chi connectivity index (χ4n) is 0.0745. The molecule has 0 aromatic carbocycles. The SMILES string of the molecule is CC[N]C=S. The fourth-order valence-corrected chi connectivity index (χ4v) is 0.224. The summed E-state index contributed by atoms with van der Waals surface area (Å²) < 4.78 is 0. The molecule has 0 aromatic rings. The van der Waals surface area contributed by atoms with E-state index < -0.39 is 0 Å². The van der Waals surface area contributed by atoms with E-state index in [0.717, 1.165) is 6.54 Å². The van der Waals surface area contributed by atoms with Gasteiger partial charge in [0.1, 0.15) is 0 Å². The fraction of sp³-hybridized carbons (Fsp3) is 0.667. The van der Waals surface area contributed by atoms with Crippen LogP contribution < -0.4 is 5.32 Å². The van der Waals surface area contributed by atoms with E-state index in [0.29, 0.717) is 0 Å². The van der Waals surface area contributed by atoms with Crippen LogP contribution in [0.25, 0.3) is 0 Å². The van der Waals surface area contributed by atoms with Crippen LogP contribution in [0, 0.1) is 0 Å². The van der Waals surface area contributed by atoms with Crippen molar-refractivity contribution in [1.82, 2.24) is 5.32 Å². The van der Waals surface area contributed by atoms with Crippen molar-refractivity contribution in [3.8, 4) is 0 Å². The topological polar surface area (TPSA) is 14.1 Å². The summed E-state index contributed by atoms with van der Waals surface area (Å²) in [6.07, 6.45) is 0. The van der Waals surface area contributed by atoms with Crippen molar-refractivity contribution in [3.63, 3.8) is 0 Å². The molecule has 0 saturated carbocycles. The Morgan fingerprint density at radius 2 is 2.60 bits per heavy atom. The van der Waals surface area contributed by atoms with Crippen LogP contribution in [0.5, 0.6) is 0 Å². The second-order valence-corrected chi connectivity index (χ2v) is 0.815. The first-order valence-electron chi connectivity index (χ1n) is 1.52. The average Bonchev–Trinajstić information content (AvgIpc) is 1.41. The van der Waals surface area contributed by atoms with Gasteiger partial charge in [0.2, 0.25) is 0 Å². The molecule has 0 atom stereocenters. The van der Waals surface area contributed by atoms with Gasteiger partial charge in [-0.1, -0.05) is 12.2 Å². The highest BCUT2D eigenvalue weighted by molar-refractivity contribution is 7.78. The third-order valence-electron chi connectivity index (χ3n) is 0.257. The Bertz CT molecular complexity index is 28.1. The summed E-state index contributed by atoms with van der Waals surface area (Å²) in [5, 5.41) is 3.66. The molecular formula is C3H6NS. The first-order valence-corrected chi connectivity index (χ1v) is 1.99. The lowest BCUT2D eigenvalue weighted by molar-refractivity contribution is 0.983. The molecule has 5 heavy (non-hydrogen) atoms. The molecule has 0 fully saturated rings. The van der Waals surface area contributed by atoms with Gasteiger partial charge in [0.15, 0.2) is 0 Å². The predicted molar refractivity (Wildman–Crippen MR) is 26.3 cm³/mol. The van der Waals surface area contributed by atoms with E-state index in [1.807, 2.05) is 6.92 Å². The highest BCUT2D eigenvalue weighted by atomic mass is 32.1. The summed E-state index contributed by atoms with van der Waals surface area (Å²) in [7, 11) is 0. The number of thiocarbonyl (C=S) groups is 1. The number of hydrogen-bond acceptors (Lipinski definition) is 1. The van der Waals surface area contributed by atoms with E-state index in [1.165, 1.54) is 5.49 Å². The van der Waals surface area contributed by atoms with E-state index in [2.05, 4.69) is 17.5 Å². The average molecular weight is 88.2 g/mol. The lowest BCUT2D eigenvalue weighted by atomic mass is 10.8. The molecule has 0 saturated heterocycles. The molecule has 0 aliphatic heterocycles. The maximum atomic E-state index is 4.36. The van der Waals surface area contributed by atoms with Crippen LogP contribution in [-0.4, -0.2) is 12.0 Å². The van der Waals surface area contributed by atoms with Gasteiger partial charge >= 0.3 is 0 Å². The molecule has 0 aliphatic rings. The zero-order valence-electron chi connectivity index (χ0n) is 3.14. The number of hydrogen-bond donors (Lipinski definition) is 0. The van der Waals surface area contributed by atoms with Crippen molar-refractivity contribution in [3.05, 3.63) is 0 Å². The molecule has 0 N–H and O–H groups in total. The zero-order valence-corrected chi connectivity index (χ0v) is 3.96. The Labute approximate surface area is 37.4 Å². The third kappa shape index (κ3) is 3.89. The first-order chi connectivity index (χ1) is 2.41. The Hall–Kier alpha value is -0.110. The van der Waals surface area contributed by atoms with Gasteiger partial charge in [0.05, 0.1) is 5.49 Å². The van der Waals surface area contributed by atoms with Gasteiger partial charge in [-0.25, -0.2) is 0 Å². The molecule has 2 heteroatoms. The van der Waals surface area contributed by atoms with Crippen molar-refractivity contribution in [2.75, 3.05) is 6.54 Å². The quantitative estimate of drug-likeness (QED) is 0.450. The molecule has 0 rings (SSSR count). The van der Waals surface area contributed by atoms with Crippen LogP contribution in [0.4, 0.5) is 0 Å². The van der Waals surface area contributed by atoms with Gasteiger partial charge < -0.3 is 0 Å². The first kappa shape index (κ1) is 4.89. The minimum atomic E-state index is 0.809. The van der Waals surface area contributed by atoms with Crippen LogP contribution in [-0.2, 0) is 0 Å². The summed E-state index contributed by atoms with van der Waals surface area (Å²) in [5.74, 6) is 0. The normalized spacial score (nSPS) is 6.60.